The third-order valence-corrected chi connectivity index (χ3v) is 4.85. The van der Waals surface area contributed by atoms with Gasteiger partial charge in [0.05, 0.1) is 12.0 Å². The molecule has 0 saturated carbocycles. The Hall–Kier alpha value is -1.22. The minimum absolute atomic E-state index is 0.0290. The van der Waals surface area contributed by atoms with Crippen LogP contribution in [-0.2, 0) is 19.0 Å². The van der Waals surface area contributed by atoms with Gasteiger partial charge in [-0.05, 0) is 20.8 Å². The van der Waals surface area contributed by atoms with Gasteiger partial charge in [-0.1, -0.05) is 13.5 Å². The van der Waals surface area contributed by atoms with Gasteiger partial charge < -0.3 is 14.2 Å². The lowest BCUT2D eigenvalue weighted by Crippen LogP contribution is -2.77. The lowest BCUT2D eigenvalue weighted by atomic mass is 9.65. The molecule has 1 aliphatic rings. The van der Waals surface area contributed by atoms with Crippen LogP contribution in [0.4, 0.5) is 22.0 Å². The van der Waals surface area contributed by atoms with Gasteiger partial charge in [-0.3, -0.25) is 0 Å². The molecule has 0 bridgehead atoms. The van der Waals surface area contributed by atoms with Crippen LogP contribution in [0, 0.1) is 5.41 Å². The molecule has 1 aliphatic heterocycles. The molecule has 0 aromatic heterocycles. The van der Waals surface area contributed by atoms with Gasteiger partial charge in [0.25, 0.3) is 0 Å². The smallest absolute Gasteiger partial charge is 0.423 e. The molecule has 1 fully saturated rings. The minimum atomic E-state index is -5.33. The molecule has 0 aromatic carbocycles. The van der Waals surface area contributed by atoms with Gasteiger partial charge in [0.2, 0.25) is 5.60 Å². The minimum Gasteiger partial charge on any atom is -0.462 e. The highest BCUT2D eigenvalue weighted by Gasteiger charge is 2.80. The average molecular weight is 360 g/mol. The highest BCUT2D eigenvalue weighted by atomic mass is 19.4. The number of carbonyl (C=O) groups is 1. The fraction of sp³-hybridized carbons (Fsp3) is 0.800. The Morgan fingerprint density at radius 2 is 1.75 bits per heavy atom. The zero-order chi connectivity index (χ0) is 19.2. The maximum atomic E-state index is 14.8. The van der Waals surface area contributed by atoms with Gasteiger partial charge in [-0.2, -0.15) is 22.0 Å². The van der Waals surface area contributed by atoms with Crippen molar-refractivity contribution in [2.24, 2.45) is 5.41 Å². The van der Waals surface area contributed by atoms with E-state index < -0.39 is 47.9 Å². The Morgan fingerprint density at radius 3 is 2.12 bits per heavy atom. The number of halogens is 5. The summed E-state index contributed by atoms with van der Waals surface area (Å²) in [5.74, 6) is -5.29. The van der Waals surface area contributed by atoms with E-state index in [9.17, 15) is 26.7 Å². The number of methoxy groups -OCH3 is 1. The zero-order valence-electron chi connectivity index (χ0n) is 14.1. The van der Waals surface area contributed by atoms with E-state index in [4.69, 9.17) is 9.47 Å². The van der Waals surface area contributed by atoms with Crippen LogP contribution in [0.25, 0.3) is 0 Å². The molecular formula is C15H21F5O4. The first-order valence-electron chi connectivity index (χ1n) is 7.06. The van der Waals surface area contributed by atoms with E-state index >= 15 is 0 Å². The summed E-state index contributed by atoms with van der Waals surface area (Å²) >= 11 is 0. The Bertz CT molecular complexity index is 532. The largest absolute Gasteiger partial charge is 0.462 e. The second kappa shape index (κ2) is 5.94. The summed E-state index contributed by atoms with van der Waals surface area (Å²) in [4.78, 5) is 11.5. The molecular weight excluding hydrogens is 339 g/mol. The summed E-state index contributed by atoms with van der Waals surface area (Å²) < 4.78 is 83.7. The molecule has 0 spiro atoms. The average Bonchev–Trinajstić information content (AvgIpc) is 2.46. The van der Waals surface area contributed by atoms with Crippen LogP contribution in [0.3, 0.4) is 0 Å². The summed E-state index contributed by atoms with van der Waals surface area (Å²) in [7, 11) is 0.884. The SMILES string of the molecule is C=C(C)C(=O)OCC1(C)COC(C)(C(F)(F)F)C(F)(F)C1(C)OC. The molecule has 1 saturated heterocycles. The van der Waals surface area contributed by atoms with E-state index in [-0.39, 0.29) is 12.5 Å². The van der Waals surface area contributed by atoms with Crippen LogP contribution in [0.1, 0.15) is 27.7 Å². The predicted molar refractivity (Wildman–Crippen MR) is 74.7 cm³/mol. The van der Waals surface area contributed by atoms with Crippen LogP contribution in [0.5, 0.6) is 0 Å². The van der Waals surface area contributed by atoms with Crippen molar-refractivity contribution in [1.82, 2.24) is 0 Å². The van der Waals surface area contributed by atoms with Crippen molar-refractivity contribution in [3.05, 3.63) is 12.2 Å². The normalized spacial score (nSPS) is 36.2. The molecule has 24 heavy (non-hydrogen) atoms. The topological polar surface area (TPSA) is 44.8 Å². The Balaban J connectivity index is 3.30. The molecule has 4 nitrogen and oxygen atoms in total. The van der Waals surface area contributed by atoms with Crippen molar-refractivity contribution < 1.29 is 41.0 Å². The van der Waals surface area contributed by atoms with E-state index in [2.05, 4.69) is 11.3 Å². The molecule has 0 radical (unpaired) electrons. The van der Waals surface area contributed by atoms with Crippen LogP contribution in [0.2, 0.25) is 0 Å². The third-order valence-electron chi connectivity index (χ3n) is 4.85. The third kappa shape index (κ3) is 2.71. The maximum Gasteiger partial charge on any atom is 0.423 e. The standard InChI is InChI=1S/C15H21F5O4/c1-9(2)10(21)23-7-11(3)8-24-13(5,15(18,19)20)14(16,17)12(11,4)22-6/h1,7-8H2,2-6H3. The van der Waals surface area contributed by atoms with Crippen LogP contribution in [0.15, 0.2) is 12.2 Å². The fourth-order valence-electron chi connectivity index (χ4n) is 2.53. The van der Waals surface area contributed by atoms with Gasteiger partial charge in [0.1, 0.15) is 12.2 Å². The van der Waals surface area contributed by atoms with Crippen molar-refractivity contribution in [3.8, 4) is 0 Å². The van der Waals surface area contributed by atoms with Crippen molar-refractivity contribution in [3.63, 3.8) is 0 Å². The number of carbonyl (C=O) groups excluding carboxylic acids is 1. The zero-order valence-corrected chi connectivity index (χ0v) is 14.1. The van der Waals surface area contributed by atoms with Crippen molar-refractivity contribution in [2.75, 3.05) is 20.3 Å². The first kappa shape index (κ1) is 20.8. The quantitative estimate of drug-likeness (QED) is 0.437. The monoisotopic (exact) mass is 360 g/mol. The molecule has 0 amide bonds. The summed E-state index contributed by atoms with van der Waals surface area (Å²) in [6.07, 6.45) is -5.33. The Kier molecular flexibility index (Phi) is 5.16. The molecule has 0 N–H and O–H groups in total. The molecule has 0 aliphatic carbocycles. The van der Waals surface area contributed by atoms with Gasteiger partial charge in [0, 0.05) is 12.7 Å². The van der Waals surface area contributed by atoms with Gasteiger partial charge in [-0.25, -0.2) is 4.79 Å². The number of alkyl halides is 5. The van der Waals surface area contributed by atoms with E-state index in [0.717, 1.165) is 14.0 Å². The molecule has 3 atom stereocenters. The first-order valence-corrected chi connectivity index (χ1v) is 7.06. The van der Waals surface area contributed by atoms with Crippen molar-refractivity contribution in [1.29, 1.82) is 0 Å². The van der Waals surface area contributed by atoms with Crippen LogP contribution < -0.4 is 0 Å². The second-order valence-corrected chi connectivity index (χ2v) is 6.55. The summed E-state index contributed by atoms with van der Waals surface area (Å²) in [6.45, 7) is 5.69. The van der Waals surface area contributed by atoms with Gasteiger partial charge in [-0.15, -0.1) is 0 Å². The van der Waals surface area contributed by atoms with Gasteiger partial charge >= 0.3 is 18.1 Å². The molecule has 1 heterocycles. The summed E-state index contributed by atoms with van der Waals surface area (Å²) in [5.41, 5.74) is -8.02. The van der Waals surface area contributed by atoms with Crippen LogP contribution >= 0.6 is 0 Å². The second-order valence-electron chi connectivity index (χ2n) is 6.55. The molecule has 1 rings (SSSR count). The first-order chi connectivity index (χ1) is 10.6. The number of hydrogen-bond acceptors (Lipinski definition) is 4. The molecule has 140 valence electrons. The molecule has 0 aromatic rings. The molecule has 3 unspecified atom stereocenters. The van der Waals surface area contributed by atoms with E-state index in [1.54, 1.807) is 0 Å². The van der Waals surface area contributed by atoms with E-state index in [1.807, 2.05) is 0 Å². The lowest BCUT2D eigenvalue weighted by Gasteiger charge is -2.58. The van der Waals surface area contributed by atoms with Gasteiger partial charge in [0.15, 0.2) is 0 Å². The fourth-order valence-corrected chi connectivity index (χ4v) is 2.53. The number of hydrogen-bond donors (Lipinski definition) is 0. The van der Waals surface area contributed by atoms with Crippen molar-refractivity contribution in [2.45, 2.75) is 51.0 Å². The highest BCUT2D eigenvalue weighted by molar-refractivity contribution is 5.86. The summed E-state index contributed by atoms with van der Waals surface area (Å²) in [6, 6.07) is 0. The Labute approximate surface area is 136 Å². The maximum absolute atomic E-state index is 14.8. The Morgan fingerprint density at radius 1 is 1.25 bits per heavy atom. The van der Waals surface area contributed by atoms with Crippen molar-refractivity contribution >= 4 is 5.97 Å². The predicted octanol–water partition coefficient (Wildman–Crippen LogP) is 3.50. The van der Waals surface area contributed by atoms with E-state index in [0.29, 0.717) is 0 Å². The number of ether oxygens (including phenoxy) is 3. The number of rotatable bonds is 4. The molecule has 9 heteroatoms. The highest BCUT2D eigenvalue weighted by Crippen LogP contribution is 2.59. The summed E-state index contributed by atoms with van der Waals surface area (Å²) in [5, 5.41) is 0. The van der Waals surface area contributed by atoms with Crippen LogP contribution in [-0.4, -0.2) is 49.6 Å². The lowest BCUT2D eigenvalue weighted by molar-refractivity contribution is -0.424. The number of esters is 1. The van der Waals surface area contributed by atoms with E-state index in [1.165, 1.54) is 13.8 Å².